The number of nitrogens with zero attached hydrogens (tertiary/aromatic N) is 1. The van der Waals surface area contributed by atoms with Crippen molar-refractivity contribution in [3.05, 3.63) is 51.2 Å². The maximum Gasteiger partial charge on any atom is 0.253 e. The number of methoxy groups -OCH3 is 1. The van der Waals surface area contributed by atoms with E-state index in [0.717, 1.165) is 11.1 Å². The second-order valence-corrected chi connectivity index (χ2v) is 4.99. The molecule has 1 heterocycles. The molecule has 0 atom stereocenters. The average molecular weight is 275 g/mol. The van der Waals surface area contributed by atoms with Gasteiger partial charge in [-0.25, -0.2) is 4.39 Å². The summed E-state index contributed by atoms with van der Waals surface area (Å²) in [5.41, 5.74) is 3.52. The van der Waals surface area contributed by atoms with Gasteiger partial charge in [-0.1, -0.05) is 0 Å². The van der Waals surface area contributed by atoms with Crippen LogP contribution in [0, 0.1) is 26.6 Å². The zero-order valence-corrected chi connectivity index (χ0v) is 12.4. The Morgan fingerprint density at radius 3 is 2.35 bits per heavy atom. The predicted molar refractivity (Wildman–Crippen MR) is 77.8 cm³/mol. The molecule has 0 saturated carbocycles. The SMILES string of the molecule is COc1cc(-c2cn(C)c(=O)c(C)c2C)cc(F)c1C. The quantitative estimate of drug-likeness (QED) is 0.843. The lowest BCUT2D eigenvalue weighted by Gasteiger charge is -2.14. The van der Waals surface area contributed by atoms with Gasteiger partial charge in [-0.2, -0.15) is 0 Å². The largest absolute Gasteiger partial charge is 0.496 e. The second-order valence-electron chi connectivity index (χ2n) is 4.99. The minimum Gasteiger partial charge on any atom is -0.496 e. The number of aryl methyl sites for hydroxylation is 1. The van der Waals surface area contributed by atoms with Gasteiger partial charge in [0.25, 0.3) is 5.56 Å². The van der Waals surface area contributed by atoms with Crippen LogP contribution >= 0.6 is 0 Å². The number of ether oxygens (including phenoxy) is 1. The lowest BCUT2D eigenvalue weighted by molar-refractivity contribution is 0.407. The predicted octanol–water partition coefficient (Wildman–Crippen LogP) is 3.13. The van der Waals surface area contributed by atoms with Crippen molar-refractivity contribution in [3.8, 4) is 16.9 Å². The van der Waals surface area contributed by atoms with E-state index >= 15 is 0 Å². The molecule has 0 spiro atoms. The van der Waals surface area contributed by atoms with Crippen molar-refractivity contribution in [1.29, 1.82) is 0 Å². The number of halogens is 1. The number of hydrogen-bond acceptors (Lipinski definition) is 2. The smallest absolute Gasteiger partial charge is 0.253 e. The maximum atomic E-state index is 14.0. The van der Waals surface area contributed by atoms with Gasteiger partial charge in [-0.15, -0.1) is 0 Å². The third-order valence-corrected chi connectivity index (χ3v) is 3.76. The highest BCUT2D eigenvalue weighted by Gasteiger charge is 2.13. The van der Waals surface area contributed by atoms with Crippen LogP contribution in [0.5, 0.6) is 5.75 Å². The highest BCUT2D eigenvalue weighted by molar-refractivity contribution is 5.69. The number of pyridine rings is 1. The molecule has 0 fully saturated rings. The standard InChI is InChI=1S/C16H18FNO2/c1-9-10(2)16(19)18(4)8-13(9)12-6-14(17)11(3)15(7-12)20-5/h6-8H,1-5H3. The number of rotatable bonds is 2. The van der Waals surface area contributed by atoms with E-state index in [1.54, 1.807) is 33.2 Å². The van der Waals surface area contributed by atoms with Crippen molar-refractivity contribution in [2.45, 2.75) is 20.8 Å². The van der Waals surface area contributed by atoms with Crippen LogP contribution in [-0.2, 0) is 7.05 Å². The summed E-state index contributed by atoms with van der Waals surface area (Å²) in [5, 5.41) is 0. The molecule has 0 unspecified atom stereocenters. The van der Waals surface area contributed by atoms with E-state index in [1.165, 1.54) is 17.7 Å². The minimum absolute atomic E-state index is 0.0363. The molecule has 0 aliphatic rings. The van der Waals surface area contributed by atoms with Crippen molar-refractivity contribution < 1.29 is 9.13 Å². The van der Waals surface area contributed by atoms with Gasteiger partial charge in [-0.05, 0) is 44.0 Å². The lowest BCUT2D eigenvalue weighted by atomic mass is 9.98. The Balaban J connectivity index is 2.75. The monoisotopic (exact) mass is 275 g/mol. The fraction of sp³-hybridized carbons (Fsp3) is 0.312. The Hall–Kier alpha value is -2.10. The number of aromatic nitrogens is 1. The minimum atomic E-state index is -0.315. The van der Waals surface area contributed by atoms with Gasteiger partial charge in [0.2, 0.25) is 0 Å². The van der Waals surface area contributed by atoms with E-state index in [-0.39, 0.29) is 11.4 Å². The van der Waals surface area contributed by atoms with Crippen molar-refractivity contribution in [3.63, 3.8) is 0 Å². The summed E-state index contributed by atoms with van der Waals surface area (Å²) in [6, 6.07) is 3.27. The van der Waals surface area contributed by atoms with E-state index in [2.05, 4.69) is 0 Å². The Bertz CT molecular complexity index is 732. The van der Waals surface area contributed by atoms with E-state index in [9.17, 15) is 9.18 Å². The summed E-state index contributed by atoms with van der Waals surface area (Å²) >= 11 is 0. The van der Waals surface area contributed by atoms with E-state index in [4.69, 9.17) is 4.74 Å². The fourth-order valence-corrected chi connectivity index (χ4v) is 2.29. The van der Waals surface area contributed by atoms with Gasteiger partial charge < -0.3 is 9.30 Å². The molecule has 4 heteroatoms. The maximum absolute atomic E-state index is 14.0. The molecule has 2 rings (SSSR count). The fourth-order valence-electron chi connectivity index (χ4n) is 2.29. The van der Waals surface area contributed by atoms with E-state index in [0.29, 0.717) is 22.4 Å². The van der Waals surface area contributed by atoms with Crippen molar-refractivity contribution in [1.82, 2.24) is 4.57 Å². The molecule has 0 aliphatic heterocycles. The molecule has 0 bridgehead atoms. The summed E-state index contributed by atoms with van der Waals surface area (Å²) in [6.07, 6.45) is 1.73. The van der Waals surface area contributed by atoms with Crippen LogP contribution in [0.2, 0.25) is 0 Å². The molecule has 2 aromatic rings. The van der Waals surface area contributed by atoms with Crippen LogP contribution in [0.25, 0.3) is 11.1 Å². The van der Waals surface area contributed by atoms with E-state index in [1.807, 2.05) is 6.92 Å². The zero-order valence-electron chi connectivity index (χ0n) is 12.4. The van der Waals surface area contributed by atoms with Crippen molar-refractivity contribution in [2.24, 2.45) is 7.05 Å². The Kier molecular flexibility index (Phi) is 3.66. The summed E-state index contributed by atoms with van der Waals surface area (Å²) in [7, 11) is 3.21. The molecule has 0 saturated heterocycles. The number of benzene rings is 1. The average Bonchev–Trinajstić information content (AvgIpc) is 2.43. The molecule has 0 amide bonds. The first-order chi connectivity index (χ1) is 9.36. The van der Waals surface area contributed by atoms with Crippen LogP contribution in [0.4, 0.5) is 4.39 Å². The first kappa shape index (κ1) is 14.3. The Morgan fingerprint density at radius 2 is 1.75 bits per heavy atom. The van der Waals surface area contributed by atoms with Crippen LogP contribution in [0.3, 0.4) is 0 Å². The van der Waals surface area contributed by atoms with Crippen LogP contribution in [0.15, 0.2) is 23.1 Å². The van der Waals surface area contributed by atoms with Gasteiger partial charge in [0.15, 0.2) is 0 Å². The molecule has 0 aliphatic carbocycles. The number of hydrogen-bond donors (Lipinski definition) is 0. The van der Waals surface area contributed by atoms with Gasteiger partial charge >= 0.3 is 0 Å². The summed E-state index contributed by atoms with van der Waals surface area (Å²) < 4.78 is 20.7. The third kappa shape index (κ3) is 2.22. The molecule has 3 nitrogen and oxygen atoms in total. The molecule has 1 aromatic heterocycles. The zero-order chi connectivity index (χ0) is 15.0. The van der Waals surface area contributed by atoms with Crippen LogP contribution in [-0.4, -0.2) is 11.7 Å². The molecule has 20 heavy (non-hydrogen) atoms. The summed E-state index contributed by atoms with van der Waals surface area (Å²) in [4.78, 5) is 11.9. The van der Waals surface area contributed by atoms with Gasteiger partial charge in [0.1, 0.15) is 11.6 Å². The van der Waals surface area contributed by atoms with Crippen molar-refractivity contribution in [2.75, 3.05) is 7.11 Å². The van der Waals surface area contributed by atoms with Crippen LogP contribution in [0.1, 0.15) is 16.7 Å². The highest BCUT2D eigenvalue weighted by atomic mass is 19.1. The lowest BCUT2D eigenvalue weighted by Crippen LogP contribution is -2.20. The molecule has 0 N–H and O–H groups in total. The molecule has 0 radical (unpaired) electrons. The molecule has 1 aromatic carbocycles. The molecule has 106 valence electrons. The topological polar surface area (TPSA) is 31.2 Å². The van der Waals surface area contributed by atoms with Crippen LogP contribution < -0.4 is 10.3 Å². The molecular formula is C16H18FNO2. The van der Waals surface area contributed by atoms with Gasteiger partial charge in [-0.3, -0.25) is 4.79 Å². The van der Waals surface area contributed by atoms with Gasteiger partial charge in [0, 0.05) is 29.9 Å². The first-order valence-corrected chi connectivity index (χ1v) is 6.38. The molecular weight excluding hydrogens is 257 g/mol. The first-order valence-electron chi connectivity index (χ1n) is 6.38. The van der Waals surface area contributed by atoms with E-state index < -0.39 is 0 Å². The normalized spacial score (nSPS) is 10.7. The summed E-state index contributed by atoms with van der Waals surface area (Å²) in [5.74, 6) is 0.191. The Morgan fingerprint density at radius 1 is 1.10 bits per heavy atom. The van der Waals surface area contributed by atoms with Crippen molar-refractivity contribution >= 4 is 0 Å². The third-order valence-electron chi connectivity index (χ3n) is 3.76. The van der Waals surface area contributed by atoms with Gasteiger partial charge in [0.05, 0.1) is 7.11 Å². The second kappa shape index (κ2) is 5.12. The highest BCUT2D eigenvalue weighted by Crippen LogP contribution is 2.31. The Labute approximate surface area is 117 Å². The summed E-state index contributed by atoms with van der Waals surface area (Å²) in [6.45, 7) is 5.33.